The van der Waals surface area contributed by atoms with Crippen LogP contribution in [0.15, 0.2) is 57.8 Å². The summed E-state index contributed by atoms with van der Waals surface area (Å²) < 4.78 is 31.9. The Kier molecular flexibility index (Phi) is 8.35. The van der Waals surface area contributed by atoms with Crippen molar-refractivity contribution in [2.75, 3.05) is 19.1 Å². The Morgan fingerprint density at radius 3 is 2.50 bits per heavy atom. The van der Waals surface area contributed by atoms with Gasteiger partial charge in [0.2, 0.25) is 0 Å². The molecule has 0 aromatic heterocycles. The van der Waals surface area contributed by atoms with E-state index in [0.717, 1.165) is 6.08 Å². The Morgan fingerprint density at radius 2 is 1.90 bits per heavy atom. The number of hydrogen-bond acceptors (Lipinski definition) is 7. The van der Waals surface area contributed by atoms with E-state index in [-0.39, 0.29) is 10.5 Å². The highest BCUT2D eigenvalue weighted by Crippen LogP contribution is 2.27. The van der Waals surface area contributed by atoms with Crippen LogP contribution in [0.1, 0.15) is 16.8 Å². The van der Waals surface area contributed by atoms with Crippen LogP contribution in [0, 0.1) is 0 Å². The molecule has 1 amide bonds. The molecule has 0 spiro atoms. The van der Waals surface area contributed by atoms with Gasteiger partial charge >= 0.3 is 5.97 Å². The molecule has 1 N–H and O–H groups in total. The second kappa shape index (κ2) is 10.7. The fourth-order valence-electron chi connectivity index (χ4n) is 2.70. The highest BCUT2D eigenvalue weighted by molar-refractivity contribution is 7.98. The van der Waals surface area contributed by atoms with E-state index in [1.807, 2.05) is 6.26 Å². The molecule has 2 rings (SSSR count). The zero-order valence-corrected chi connectivity index (χ0v) is 18.0. The van der Waals surface area contributed by atoms with Gasteiger partial charge in [0.15, 0.2) is 0 Å². The molecule has 0 bridgehead atoms. The van der Waals surface area contributed by atoms with Crippen LogP contribution in [0.5, 0.6) is 0 Å². The highest BCUT2D eigenvalue weighted by atomic mass is 32.2. The van der Waals surface area contributed by atoms with Crippen molar-refractivity contribution < 1.29 is 27.5 Å². The summed E-state index contributed by atoms with van der Waals surface area (Å²) in [5, 5.41) is 2.65. The number of nitrogens with zero attached hydrogens (tertiary/aromatic N) is 1. The molecule has 0 fully saturated rings. The number of benzene rings is 2. The lowest BCUT2D eigenvalue weighted by Crippen LogP contribution is -2.42. The number of carbonyl (C=O) groups excluding carboxylic acids is 3. The standard InChI is InChI=1S/C20H20N2O6S2/c1-28-20(25)18(10-11-29-2)22-19(24)16-9-8-15(30(26,27)21-13-23)12-17(16)14-6-4-3-5-7-14/h3-9,12,18H,10-11H2,1-2H3,(H,22,24)/t18-/m0/s1. The van der Waals surface area contributed by atoms with Crippen molar-refractivity contribution >= 4 is 39.7 Å². The summed E-state index contributed by atoms with van der Waals surface area (Å²) >= 11 is 1.52. The van der Waals surface area contributed by atoms with Gasteiger partial charge in [-0.2, -0.15) is 20.2 Å². The van der Waals surface area contributed by atoms with E-state index in [1.165, 1.54) is 37.1 Å². The van der Waals surface area contributed by atoms with E-state index in [9.17, 15) is 22.8 Å². The Bertz CT molecular complexity index is 1060. The molecule has 10 heteroatoms. The van der Waals surface area contributed by atoms with Crippen LogP contribution < -0.4 is 5.32 Å². The fraction of sp³-hybridized carbons (Fsp3) is 0.250. The SMILES string of the molecule is COC(=O)[C@H](CCSC)NC(=O)c1ccc(S(=O)(=O)N=C=O)cc1-c1ccccc1. The number of nitrogens with one attached hydrogen (secondary N) is 1. The average Bonchev–Trinajstić information content (AvgIpc) is 2.76. The van der Waals surface area contributed by atoms with E-state index in [4.69, 9.17) is 4.74 Å². The van der Waals surface area contributed by atoms with Crippen molar-refractivity contribution in [1.82, 2.24) is 5.32 Å². The largest absolute Gasteiger partial charge is 0.467 e. The first-order chi connectivity index (χ1) is 14.3. The Balaban J connectivity index is 2.51. The molecule has 158 valence electrons. The Labute approximate surface area is 178 Å². The number of thioether (sulfide) groups is 1. The molecule has 0 aliphatic heterocycles. The summed E-state index contributed by atoms with van der Waals surface area (Å²) in [5.41, 5.74) is 1.05. The minimum absolute atomic E-state index is 0.160. The quantitative estimate of drug-likeness (QED) is 0.355. The number of carbonyl (C=O) groups is 2. The predicted molar refractivity (Wildman–Crippen MR) is 113 cm³/mol. The zero-order valence-electron chi connectivity index (χ0n) is 16.3. The van der Waals surface area contributed by atoms with E-state index in [0.29, 0.717) is 23.3 Å². The number of rotatable bonds is 9. The van der Waals surface area contributed by atoms with Crippen molar-refractivity contribution in [2.45, 2.75) is 17.4 Å². The van der Waals surface area contributed by atoms with Gasteiger partial charge in [-0.05, 0) is 47.8 Å². The minimum atomic E-state index is -4.24. The van der Waals surface area contributed by atoms with Crippen LogP contribution in [0.3, 0.4) is 0 Å². The first-order valence-electron chi connectivity index (χ1n) is 8.75. The first kappa shape index (κ1) is 23.3. The number of hydrogen-bond donors (Lipinski definition) is 1. The molecule has 0 aliphatic rings. The van der Waals surface area contributed by atoms with E-state index >= 15 is 0 Å². The third-order valence-corrected chi connectivity index (χ3v) is 5.99. The van der Waals surface area contributed by atoms with Gasteiger partial charge in [-0.1, -0.05) is 34.7 Å². The summed E-state index contributed by atoms with van der Waals surface area (Å²) in [6, 6.07) is 11.6. The molecule has 2 aromatic rings. The molecule has 30 heavy (non-hydrogen) atoms. The molecule has 8 nitrogen and oxygen atoms in total. The van der Waals surface area contributed by atoms with Crippen LogP contribution in [-0.4, -0.2) is 51.5 Å². The van der Waals surface area contributed by atoms with Crippen LogP contribution >= 0.6 is 11.8 Å². The molecule has 0 saturated heterocycles. The summed E-state index contributed by atoms with van der Waals surface area (Å²) in [6.45, 7) is 0. The topological polar surface area (TPSA) is 119 Å². The lowest BCUT2D eigenvalue weighted by atomic mass is 9.99. The number of ether oxygens (including phenoxy) is 1. The zero-order chi connectivity index (χ0) is 22.1. The van der Waals surface area contributed by atoms with Crippen LogP contribution in [0.25, 0.3) is 11.1 Å². The molecule has 0 radical (unpaired) electrons. The molecule has 0 heterocycles. The van der Waals surface area contributed by atoms with E-state index in [1.54, 1.807) is 30.3 Å². The second-order valence-electron chi connectivity index (χ2n) is 6.06. The summed E-state index contributed by atoms with van der Waals surface area (Å²) in [6.07, 6.45) is 3.28. The van der Waals surface area contributed by atoms with Crippen molar-refractivity contribution in [2.24, 2.45) is 4.40 Å². The van der Waals surface area contributed by atoms with Gasteiger partial charge in [0, 0.05) is 5.56 Å². The Hall–Kier alpha value is -2.94. The lowest BCUT2D eigenvalue weighted by molar-refractivity contribution is -0.142. The number of methoxy groups -OCH3 is 1. The van der Waals surface area contributed by atoms with Gasteiger partial charge in [-0.3, -0.25) is 4.79 Å². The van der Waals surface area contributed by atoms with Crippen LogP contribution in [0.2, 0.25) is 0 Å². The molecule has 0 saturated carbocycles. The smallest absolute Gasteiger partial charge is 0.328 e. The van der Waals surface area contributed by atoms with Crippen LogP contribution in [0.4, 0.5) is 0 Å². The van der Waals surface area contributed by atoms with Gasteiger partial charge in [-0.25, -0.2) is 9.59 Å². The normalized spacial score (nSPS) is 11.8. The maximum Gasteiger partial charge on any atom is 0.328 e. The van der Waals surface area contributed by atoms with Crippen LogP contribution in [-0.2, 0) is 24.3 Å². The van der Waals surface area contributed by atoms with E-state index in [2.05, 4.69) is 9.71 Å². The van der Waals surface area contributed by atoms with E-state index < -0.39 is 27.9 Å². The molecule has 0 unspecified atom stereocenters. The van der Waals surface area contributed by atoms with Gasteiger partial charge < -0.3 is 10.1 Å². The van der Waals surface area contributed by atoms with Gasteiger partial charge in [0.05, 0.1) is 12.0 Å². The molecule has 1 atom stereocenters. The number of sulfonamides is 1. The number of isocyanates is 1. The summed E-state index contributed by atoms with van der Waals surface area (Å²) in [4.78, 5) is 35.2. The average molecular weight is 449 g/mol. The lowest BCUT2D eigenvalue weighted by Gasteiger charge is -2.18. The van der Waals surface area contributed by atoms with Crippen molar-refractivity contribution in [3.05, 3.63) is 54.1 Å². The monoisotopic (exact) mass is 448 g/mol. The fourth-order valence-corrected chi connectivity index (χ4v) is 3.88. The van der Waals surface area contributed by atoms with Crippen molar-refractivity contribution in [1.29, 1.82) is 0 Å². The third kappa shape index (κ3) is 5.79. The second-order valence-corrected chi connectivity index (χ2v) is 8.65. The third-order valence-electron chi connectivity index (χ3n) is 4.18. The Morgan fingerprint density at radius 1 is 1.20 bits per heavy atom. The highest BCUT2D eigenvalue weighted by Gasteiger charge is 2.24. The van der Waals surface area contributed by atoms with Gasteiger partial charge in [0.25, 0.3) is 22.0 Å². The van der Waals surface area contributed by atoms with Gasteiger partial charge in [0.1, 0.15) is 6.04 Å². The maximum atomic E-state index is 13.0. The van der Waals surface area contributed by atoms with Crippen molar-refractivity contribution in [3.8, 4) is 11.1 Å². The first-order valence-corrected chi connectivity index (χ1v) is 11.6. The maximum absolute atomic E-state index is 13.0. The molecule has 2 aromatic carbocycles. The predicted octanol–water partition coefficient (Wildman–Crippen LogP) is 2.40. The molecular formula is C20H20N2O6S2. The van der Waals surface area contributed by atoms with Crippen molar-refractivity contribution in [3.63, 3.8) is 0 Å². The molecular weight excluding hydrogens is 428 g/mol. The molecule has 0 aliphatic carbocycles. The summed E-state index contributed by atoms with van der Waals surface area (Å²) in [5.74, 6) is -0.502. The minimum Gasteiger partial charge on any atom is -0.467 e. The number of amides is 1. The van der Waals surface area contributed by atoms with Gasteiger partial charge in [-0.15, -0.1) is 0 Å². The summed E-state index contributed by atoms with van der Waals surface area (Å²) in [7, 11) is -3.00. The number of esters is 1.